The molecule has 0 saturated heterocycles. The van der Waals surface area contributed by atoms with Gasteiger partial charge in [-0.2, -0.15) is 0 Å². The normalized spacial score (nSPS) is 10.4. The molecule has 0 aromatic heterocycles. The Morgan fingerprint density at radius 2 is 1.72 bits per heavy atom. The number of hydrogen-bond donors (Lipinski definition) is 1. The van der Waals surface area contributed by atoms with Gasteiger partial charge in [-0.15, -0.1) is 0 Å². The van der Waals surface area contributed by atoms with Gasteiger partial charge in [0.05, 0.1) is 0 Å². The first-order valence-corrected chi connectivity index (χ1v) is 8.57. The third kappa shape index (κ3) is 5.07. The summed E-state index contributed by atoms with van der Waals surface area (Å²) in [5.74, 6) is -0.239. The number of rotatable bonds is 5. The Bertz CT molecular complexity index is 802. The van der Waals surface area contributed by atoms with Gasteiger partial charge >= 0.3 is 0 Å². The van der Waals surface area contributed by atoms with E-state index in [9.17, 15) is 9.59 Å². The van der Waals surface area contributed by atoms with Gasteiger partial charge in [-0.25, -0.2) is 0 Å². The molecule has 0 heterocycles. The van der Waals surface area contributed by atoms with Gasteiger partial charge < -0.3 is 10.2 Å². The second kappa shape index (κ2) is 8.17. The van der Waals surface area contributed by atoms with Crippen LogP contribution < -0.4 is 10.2 Å². The summed E-state index contributed by atoms with van der Waals surface area (Å²) in [7, 11) is 0. The molecule has 4 nitrogen and oxygen atoms in total. The maximum absolute atomic E-state index is 12.2. The van der Waals surface area contributed by atoms with Gasteiger partial charge in [0.2, 0.25) is 11.8 Å². The van der Waals surface area contributed by atoms with Crippen molar-refractivity contribution in [3.8, 4) is 0 Å². The maximum atomic E-state index is 12.2. The minimum absolute atomic E-state index is 0.0834. The molecule has 0 aliphatic heterocycles. The molecular formula is C20H23ClN2O2. The number of nitrogens with zero attached hydrogens (tertiary/aromatic N) is 1. The standard InChI is InChI=1S/C20H23ClN2O2/c1-13-5-6-15(3)19(11-13)23(16(4)24)10-9-20(25)22-17-8-7-14(2)18(21)12-17/h5-8,11-12H,9-10H2,1-4H3,(H,22,25). The van der Waals surface area contributed by atoms with E-state index < -0.39 is 0 Å². The predicted octanol–water partition coefficient (Wildman–Crippen LogP) is 4.65. The zero-order chi connectivity index (χ0) is 18.6. The van der Waals surface area contributed by atoms with Crippen molar-refractivity contribution in [2.45, 2.75) is 34.1 Å². The van der Waals surface area contributed by atoms with Crippen molar-refractivity contribution in [2.75, 3.05) is 16.8 Å². The number of carbonyl (C=O) groups excluding carboxylic acids is 2. The van der Waals surface area contributed by atoms with Crippen molar-refractivity contribution in [3.05, 3.63) is 58.1 Å². The van der Waals surface area contributed by atoms with Crippen LogP contribution in [0.25, 0.3) is 0 Å². The Hall–Kier alpha value is -2.33. The van der Waals surface area contributed by atoms with Crippen LogP contribution in [0.3, 0.4) is 0 Å². The highest BCUT2D eigenvalue weighted by Gasteiger charge is 2.16. The number of carbonyl (C=O) groups is 2. The molecule has 2 aromatic carbocycles. The largest absolute Gasteiger partial charge is 0.326 e. The summed E-state index contributed by atoms with van der Waals surface area (Å²) < 4.78 is 0. The molecule has 2 amide bonds. The van der Waals surface area contributed by atoms with Crippen LogP contribution in [0.1, 0.15) is 30.0 Å². The minimum Gasteiger partial charge on any atom is -0.326 e. The Kier molecular flexibility index (Phi) is 6.21. The maximum Gasteiger partial charge on any atom is 0.226 e. The second-order valence-corrected chi connectivity index (χ2v) is 6.63. The van der Waals surface area contributed by atoms with Crippen molar-refractivity contribution in [1.29, 1.82) is 0 Å². The van der Waals surface area contributed by atoms with Crippen LogP contribution in [-0.2, 0) is 9.59 Å². The Morgan fingerprint density at radius 3 is 2.36 bits per heavy atom. The molecule has 0 radical (unpaired) electrons. The second-order valence-electron chi connectivity index (χ2n) is 6.22. The van der Waals surface area contributed by atoms with Crippen molar-refractivity contribution in [2.24, 2.45) is 0 Å². The molecule has 0 bridgehead atoms. The van der Waals surface area contributed by atoms with E-state index in [4.69, 9.17) is 11.6 Å². The Labute approximate surface area is 153 Å². The molecule has 2 aromatic rings. The van der Waals surface area contributed by atoms with Crippen LogP contribution in [-0.4, -0.2) is 18.4 Å². The van der Waals surface area contributed by atoms with E-state index in [1.54, 1.807) is 11.0 Å². The molecule has 0 aliphatic carbocycles. The Morgan fingerprint density at radius 1 is 1.04 bits per heavy atom. The number of anilines is 2. The van der Waals surface area contributed by atoms with E-state index >= 15 is 0 Å². The number of aryl methyl sites for hydroxylation is 3. The van der Waals surface area contributed by atoms with Crippen molar-refractivity contribution >= 4 is 34.8 Å². The molecule has 132 valence electrons. The summed E-state index contributed by atoms with van der Waals surface area (Å²) in [6.45, 7) is 7.68. The highest BCUT2D eigenvalue weighted by Crippen LogP contribution is 2.23. The van der Waals surface area contributed by atoms with Gasteiger partial charge in [0.1, 0.15) is 0 Å². The highest BCUT2D eigenvalue weighted by atomic mass is 35.5. The van der Waals surface area contributed by atoms with Crippen LogP contribution in [0.4, 0.5) is 11.4 Å². The fourth-order valence-corrected chi connectivity index (χ4v) is 2.75. The van der Waals surface area contributed by atoms with Gasteiger partial charge in [-0.3, -0.25) is 9.59 Å². The van der Waals surface area contributed by atoms with Crippen LogP contribution in [0.5, 0.6) is 0 Å². The zero-order valence-corrected chi connectivity index (χ0v) is 15.8. The zero-order valence-electron chi connectivity index (χ0n) is 15.0. The fraction of sp³-hybridized carbons (Fsp3) is 0.300. The van der Waals surface area contributed by atoms with E-state index in [1.165, 1.54) is 6.92 Å². The Balaban J connectivity index is 2.05. The summed E-state index contributed by atoms with van der Waals surface area (Å²) in [6, 6.07) is 11.3. The molecule has 25 heavy (non-hydrogen) atoms. The third-order valence-corrected chi connectivity index (χ3v) is 4.46. The minimum atomic E-state index is -0.156. The van der Waals surface area contributed by atoms with E-state index in [0.29, 0.717) is 17.3 Å². The summed E-state index contributed by atoms with van der Waals surface area (Å²) in [5.41, 5.74) is 4.54. The number of benzene rings is 2. The lowest BCUT2D eigenvalue weighted by Gasteiger charge is -2.23. The number of halogens is 1. The van der Waals surface area contributed by atoms with Gasteiger partial charge in [0.25, 0.3) is 0 Å². The number of hydrogen-bond acceptors (Lipinski definition) is 2. The number of nitrogens with one attached hydrogen (secondary N) is 1. The van der Waals surface area contributed by atoms with Crippen LogP contribution in [0.2, 0.25) is 5.02 Å². The SMILES string of the molecule is CC(=O)N(CCC(=O)Nc1ccc(C)c(Cl)c1)c1cc(C)ccc1C. The average molecular weight is 359 g/mol. The first-order valence-electron chi connectivity index (χ1n) is 8.19. The van der Waals surface area contributed by atoms with Crippen molar-refractivity contribution in [3.63, 3.8) is 0 Å². The third-order valence-electron chi connectivity index (χ3n) is 4.05. The lowest BCUT2D eigenvalue weighted by atomic mass is 10.1. The first kappa shape index (κ1) is 19.0. The molecule has 0 atom stereocenters. The molecule has 0 unspecified atom stereocenters. The molecule has 2 rings (SSSR count). The molecule has 0 fully saturated rings. The van der Waals surface area contributed by atoms with Gasteiger partial charge in [0, 0.05) is 36.3 Å². The average Bonchev–Trinajstić information content (AvgIpc) is 2.54. The molecule has 0 saturated carbocycles. The topological polar surface area (TPSA) is 49.4 Å². The van der Waals surface area contributed by atoms with E-state index in [1.807, 2.05) is 51.1 Å². The molecular weight excluding hydrogens is 336 g/mol. The van der Waals surface area contributed by atoms with Gasteiger partial charge in [-0.1, -0.05) is 29.8 Å². The smallest absolute Gasteiger partial charge is 0.226 e. The predicted molar refractivity (Wildman–Crippen MR) is 103 cm³/mol. The number of amides is 2. The van der Waals surface area contributed by atoms with Crippen LogP contribution in [0, 0.1) is 20.8 Å². The summed E-state index contributed by atoms with van der Waals surface area (Å²) in [4.78, 5) is 25.9. The van der Waals surface area contributed by atoms with Crippen molar-refractivity contribution < 1.29 is 9.59 Å². The molecule has 5 heteroatoms. The van der Waals surface area contributed by atoms with Gasteiger partial charge in [-0.05, 0) is 55.7 Å². The quantitative estimate of drug-likeness (QED) is 0.845. The summed E-state index contributed by atoms with van der Waals surface area (Å²) in [5, 5.41) is 3.43. The van der Waals surface area contributed by atoms with E-state index in [2.05, 4.69) is 5.32 Å². The molecule has 0 spiro atoms. The summed E-state index contributed by atoms with van der Waals surface area (Å²) >= 11 is 6.07. The van der Waals surface area contributed by atoms with Crippen LogP contribution >= 0.6 is 11.6 Å². The first-order chi connectivity index (χ1) is 11.8. The van der Waals surface area contributed by atoms with Gasteiger partial charge in [0.15, 0.2) is 0 Å². The lowest BCUT2D eigenvalue weighted by Crippen LogP contribution is -2.32. The molecule has 1 N–H and O–H groups in total. The highest BCUT2D eigenvalue weighted by molar-refractivity contribution is 6.31. The fourth-order valence-electron chi connectivity index (χ4n) is 2.57. The van der Waals surface area contributed by atoms with Crippen molar-refractivity contribution in [1.82, 2.24) is 0 Å². The molecule has 0 aliphatic rings. The van der Waals surface area contributed by atoms with E-state index in [-0.39, 0.29) is 18.2 Å². The monoisotopic (exact) mass is 358 g/mol. The lowest BCUT2D eigenvalue weighted by molar-refractivity contribution is -0.117. The van der Waals surface area contributed by atoms with Crippen LogP contribution in [0.15, 0.2) is 36.4 Å². The summed E-state index contributed by atoms with van der Waals surface area (Å²) in [6.07, 6.45) is 0.207. The van der Waals surface area contributed by atoms with E-state index in [0.717, 1.165) is 22.4 Å².